The van der Waals surface area contributed by atoms with Crippen LogP contribution < -0.4 is 0 Å². The van der Waals surface area contributed by atoms with Crippen LogP contribution in [0.25, 0.3) is 22.4 Å². The van der Waals surface area contributed by atoms with Crippen LogP contribution in [-0.2, 0) is 5.41 Å². The molecule has 4 heteroatoms. The molecule has 0 saturated carbocycles. The highest BCUT2D eigenvalue weighted by Crippen LogP contribution is 2.31. The second kappa shape index (κ2) is 3.70. The lowest BCUT2D eigenvalue weighted by molar-refractivity contribution is 0.557. The molecule has 4 nitrogen and oxygen atoms in total. The highest BCUT2D eigenvalue weighted by atomic mass is 16.3. The Balaban J connectivity index is 2.22. The second-order valence-electron chi connectivity index (χ2n) is 5.43. The van der Waals surface area contributed by atoms with Crippen molar-refractivity contribution in [3.05, 3.63) is 36.4 Å². The Kier molecular flexibility index (Phi) is 2.26. The van der Waals surface area contributed by atoms with Crippen LogP contribution in [0.5, 0.6) is 0 Å². The lowest BCUT2D eigenvalue weighted by atomic mass is 9.88. The lowest BCUT2D eigenvalue weighted by Crippen LogP contribution is -2.10. The molecule has 0 saturated heterocycles. The predicted octanol–water partition coefficient (Wildman–Crippen LogP) is 3.52. The molecule has 0 amide bonds. The van der Waals surface area contributed by atoms with Gasteiger partial charge in [0.15, 0.2) is 5.58 Å². The normalized spacial score (nSPS) is 12.2. The van der Waals surface area contributed by atoms with Crippen molar-refractivity contribution >= 4 is 11.1 Å². The summed E-state index contributed by atoms with van der Waals surface area (Å²) < 4.78 is 5.56. The van der Waals surface area contributed by atoms with Gasteiger partial charge in [-0.25, -0.2) is 4.98 Å². The number of aromatic amines is 1. The monoisotopic (exact) mass is 241 g/mol. The van der Waals surface area contributed by atoms with Gasteiger partial charge < -0.3 is 4.42 Å². The number of rotatable bonds is 1. The molecule has 0 radical (unpaired) electrons. The molecule has 92 valence electrons. The molecular weight excluding hydrogens is 226 g/mol. The molecule has 0 bridgehead atoms. The summed E-state index contributed by atoms with van der Waals surface area (Å²) in [5, 5.41) is 6.75. The fourth-order valence-electron chi connectivity index (χ4n) is 2.00. The van der Waals surface area contributed by atoms with Crippen LogP contribution in [-0.4, -0.2) is 15.2 Å². The standard InChI is InChI=1S/C14H15N3O/c1-14(2,3)10-8-18-12-5-4-11(17-13(10)12)9-6-15-16-7-9/h4-8H,1-3H3,(H,15,16). The highest BCUT2D eigenvalue weighted by molar-refractivity contribution is 5.80. The van der Waals surface area contributed by atoms with Crippen molar-refractivity contribution in [1.29, 1.82) is 0 Å². The van der Waals surface area contributed by atoms with E-state index in [2.05, 4.69) is 31.0 Å². The third kappa shape index (κ3) is 1.70. The molecule has 18 heavy (non-hydrogen) atoms. The van der Waals surface area contributed by atoms with Crippen molar-refractivity contribution in [2.24, 2.45) is 0 Å². The quantitative estimate of drug-likeness (QED) is 0.709. The Hall–Kier alpha value is -2.10. The summed E-state index contributed by atoms with van der Waals surface area (Å²) in [5.41, 5.74) is 4.80. The van der Waals surface area contributed by atoms with Gasteiger partial charge in [-0.05, 0) is 17.5 Å². The van der Waals surface area contributed by atoms with Gasteiger partial charge in [0.1, 0.15) is 5.52 Å². The van der Waals surface area contributed by atoms with Gasteiger partial charge in [0.25, 0.3) is 0 Å². The SMILES string of the molecule is CC(C)(C)c1coc2ccc(-c3cn[nH]c3)nc12. The molecule has 0 atom stereocenters. The maximum Gasteiger partial charge on any atom is 0.152 e. The van der Waals surface area contributed by atoms with Crippen LogP contribution >= 0.6 is 0 Å². The van der Waals surface area contributed by atoms with E-state index < -0.39 is 0 Å². The maximum atomic E-state index is 5.56. The van der Waals surface area contributed by atoms with Crippen molar-refractivity contribution in [2.75, 3.05) is 0 Å². The van der Waals surface area contributed by atoms with E-state index in [1.807, 2.05) is 18.3 Å². The first-order valence-corrected chi connectivity index (χ1v) is 5.93. The summed E-state index contributed by atoms with van der Waals surface area (Å²) in [6.07, 6.45) is 5.41. The molecule has 0 fully saturated rings. The van der Waals surface area contributed by atoms with E-state index in [1.54, 1.807) is 12.5 Å². The van der Waals surface area contributed by atoms with E-state index in [1.165, 1.54) is 0 Å². The fourth-order valence-corrected chi connectivity index (χ4v) is 2.00. The number of nitrogens with one attached hydrogen (secondary N) is 1. The van der Waals surface area contributed by atoms with Gasteiger partial charge >= 0.3 is 0 Å². The van der Waals surface area contributed by atoms with Crippen LogP contribution in [0.3, 0.4) is 0 Å². The number of nitrogens with zero attached hydrogens (tertiary/aromatic N) is 2. The van der Waals surface area contributed by atoms with Crippen molar-refractivity contribution in [3.63, 3.8) is 0 Å². The molecule has 1 N–H and O–H groups in total. The fraction of sp³-hybridized carbons (Fsp3) is 0.286. The molecular formula is C14H15N3O. The number of fused-ring (bicyclic) bond motifs is 1. The molecule has 0 aromatic carbocycles. The summed E-state index contributed by atoms with van der Waals surface area (Å²) in [7, 11) is 0. The third-order valence-corrected chi connectivity index (χ3v) is 3.02. The van der Waals surface area contributed by atoms with Gasteiger partial charge in [0, 0.05) is 17.3 Å². The Bertz CT molecular complexity index is 675. The number of hydrogen-bond donors (Lipinski definition) is 1. The lowest BCUT2D eigenvalue weighted by Gasteiger charge is -2.15. The van der Waals surface area contributed by atoms with Gasteiger partial charge in [0.05, 0.1) is 18.2 Å². The summed E-state index contributed by atoms with van der Waals surface area (Å²) in [6, 6.07) is 3.91. The van der Waals surface area contributed by atoms with E-state index in [0.29, 0.717) is 0 Å². The van der Waals surface area contributed by atoms with Crippen LogP contribution in [0.15, 0.2) is 35.2 Å². The summed E-state index contributed by atoms with van der Waals surface area (Å²) >= 11 is 0. The van der Waals surface area contributed by atoms with Crippen molar-refractivity contribution in [3.8, 4) is 11.3 Å². The zero-order valence-corrected chi connectivity index (χ0v) is 10.7. The van der Waals surface area contributed by atoms with Gasteiger partial charge in [-0.3, -0.25) is 5.10 Å². The molecule has 3 aromatic rings. The third-order valence-electron chi connectivity index (χ3n) is 3.02. The van der Waals surface area contributed by atoms with Crippen molar-refractivity contribution in [2.45, 2.75) is 26.2 Å². The van der Waals surface area contributed by atoms with Crippen LogP contribution in [0.2, 0.25) is 0 Å². The molecule has 0 aliphatic heterocycles. The zero-order valence-electron chi connectivity index (χ0n) is 10.7. The molecule has 0 spiro atoms. The molecule has 0 unspecified atom stereocenters. The first-order valence-electron chi connectivity index (χ1n) is 5.93. The van der Waals surface area contributed by atoms with Crippen LogP contribution in [0, 0.1) is 0 Å². The van der Waals surface area contributed by atoms with Crippen molar-refractivity contribution < 1.29 is 4.42 Å². The Morgan fingerprint density at radius 1 is 1.22 bits per heavy atom. The van der Waals surface area contributed by atoms with E-state index in [-0.39, 0.29) is 5.41 Å². The zero-order chi connectivity index (χ0) is 12.8. The molecule has 3 heterocycles. The summed E-state index contributed by atoms with van der Waals surface area (Å²) in [5.74, 6) is 0. The van der Waals surface area contributed by atoms with Gasteiger partial charge in [-0.1, -0.05) is 20.8 Å². The average Bonchev–Trinajstić information content (AvgIpc) is 2.96. The van der Waals surface area contributed by atoms with Crippen molar-refractivity contribution in [1.82, 2.24) is 15.2 Å². The topological polar surface area (TPSA) is 54.7 Å². The molecule has 0 aliphatic rings. The van der Waals surface area contributed by atoms with Crippen LogP contribution in [0.4, 0.5) is 0 Å². The molecule has 3 aromatic heterocycles. The maximum absolute atomic E-state index is 5.56. The minimum absolute atomic E-state index is 0.0211. The Morgan fingerprint density at radius 2 is 2.06 bits per heavy atom. The molecule has 3 rings (SSSR count). The highest BCUT2D eigenvalue weighted by Gasteiger charge is 2.21. The van der Waals surface area contributed by atoms with Gasteiger partial charge in [-0.15, -0.1) is 0 Å². The first-order chi connectivity index (χ1) is 8.55. The Morgan fingerprint density at radius 3 is 2.72 bits per heavy atom. The Labute approximate surface area is 105 Å². The van der Waals surface area contributed by atoms with E-state index in [4.69, 9.17) is 9.40 Å². The molecule has 0 aliphatic carbocycles. The summed E-state index contributed by atoms with van der Waals surface area (Å²) in [6.45, 7) is 6.47. The van der Waals surface area contributed by atoms with E-state index in [0.717, 1.165) is 27.9 Å². The number of pyridine rings is 1. The minimum Gasteiger partial charge on any atom is -0.462 e. The second-order valence-corrected chi connectivity index (χ2v) is 5.43. The van der Waals surface area contributed by atoms with Crippen LogP contribution in [0.1, 0.15) is 26.3 Å². The smallest absolute Gasteiger partial charge is 0.152 e. The minimum atomic E-state index is 0.0211. The summed E-state index contributed by atoms with van der Waals surface area (Å²) in [4.78, 5) is 4.69. The first kappa shape index (κ1) is 11.0. The van der Waals surface area contributed by atoms with E-state index in [9.17, 15) is 0 Å². The number of aromatic nitrogens is 3. The largest absolute Gasteiger partial charge is 0.462 e. The van der Waals surface area contributed by atoms with Gasteiger partial charge in [-0.2, -0.15) is 5.10 Å². The number of hydrogen-bond acceptors (Lipinski definition) is 3. The number of furan rings is 1. The van der Waals surface area contributed by atoms with Gasteiger partial charge in [0.2, 0.25) is 0 Å². The number of H-pyrrole nitrogens is 1. The average molecular weight is 241 g/mol. The predicted molar refractivity (Wildman–Crippen MR) is 70.3 cm³/mol. The van der Waals surface area contributed by atoms with E-state index >= 15 is 0 Å².